The van der Waals surface area contributed by atoms with Crippen LogP contribution in [-0.4, -0.2) is 25.7 Å². The van der Waals surface area contributed by atoms with Gasteiger partial charge < -0.3 is 10.3 Å². The fraction of sp³-hybridized carbons (Fsp3) is 0.316. The Morgan fingerprint density at radius 2 is 1.92 bits per heavy atom. The van der Waals surface area contributed by atoms with Crippen molar-refractivity contribution in [3.05, 3.63) is 53.1 Å². The van der Waals surface area contributed by atoms with E-state index in [4.69, 9.17) is 0 Å². The standard InChI is InChI=1S/C19H23N5O/c1-5-24-14(4)17(13(3)23-24)10-18(25)22-16-8-6-15(7-9-16)19-20-11-12(2)21-19/h6-9,11H,5,10H2,1-4H3,(H,20,21)(H,22,25). The number of anilines is 1. The Hall–Kier alpha value is -2.89. The van der Waals surface area contributed by atoms with Crippen LogP contribution in [0.15, 0.2) is 30.5 Å². The Balaban J connectivity index is 1.68. The molecule has 0 aliphatic carbocycles. The number of benzene rings is 1. The van der Waals surface area contributed by atoms with E-state index in [1.807, 2.05) is 56.6 Å². The topological polar surface area (TPSA) is 75.6 Å². The first kappa shape index (κ1) is 17.0. The predicted molar refractivity (Wildman–Crippen MR) is 98.5 cm³/mol. The van der Waals surface area contributed by atoms with Crippen LogP contribution in [0, 0.1) is 20.8 Å². The van der Waals surface area contributed by atoms with E-state index >= 15 is 0 Å². The van der Waals surface area contributed by atoms with Gasteiger partial charge in [-0.05, 0) is 52.0 Å². The Labute approximate surface area is 147 Å². The van der Waals surface area contributed by atoms with E-state index in [-0.39, 0.29) is 5.91 Å². The molecular weight excluding hydrogens is 314 g/mol. The summed E-state index contributed by atoms with van der Waals surface area (Å²) in [7, 11) is 0. The lowest BCUT2D eigenvalue weighted by atomic mass is 10.1. The van der Waals surface area contributed by atoms with Crippen molar-refractivity contribution in [2.24, 2.45) is 0 Å². The number of aromatic nitrogens is 4. The van der Waals surface area contributed by atoms with E-state index < -0.39 is 0 Å². The molecule has 0 aliphatic rings. The molecule has 0 bridgehead atoms. The molecule has 1 aromatic carbocycles. The second-order valence-corrected chi connectivity index (χ2v) is 6.18. The molecule has 6 heteroatoms. The van der Waals surface area contributed by atoms with Crippen molar-refractivity contribution in [3.63, 3.8) is 0 Å². The summed E-state index contributed by atoms with van der Waals surface area (Å²) in [6, 6.07) is 7.67. The Morgan fingerprint density at radius 1 is 1.20 bits per heavy atom. The number of amides is 1. The molecule has 0 unspecified atom stereocenters. The van der Waals surface area contributed by atoms with Gasteiger partial charge in [0.25, 0.3) is 0 Å². The summed E-state index contributed by atoms with van der Waals surface area (Å²) >= 11 is 0. The molecule has 3 aromatic rings. The predicted octanol–water partition coefficient (Wildman–Crippen LogP) is 3.40. The van der Waals surface area contributed by atoms with Crippen LogP contribution in [-0.2, 0) is 17.8 Å². The molecule has 0 fully saturated rings. The molecule has 25 heavy (non-hydrogen) atoms. The van der Waals surface area contributed by atoms with E-state index in [2.05, 4.69) is 20.4 Å². The fourth-order valence-electron chi connectivity index (χ4n) is 2.93. The zero-order valence-electron chi connectivity index (χ0n) is 15.1. The van der Waals surface area contributed by atoms with Crippen LogP contribution in [0.25, 0.3) is 11.4 Å². The summed E-state index contributed by atoms with van der Waals surface area (Å²) in [5.74, 6) is 0.789. The van der Waals surface area contributed by atoms with E-state index in [0.29, 0.717) is 6.42 Å². The third kappa shape index (κ3) is 3.63. The summed E-state index contributed by atoms with van der Waals surface area (Å²) in [6.07, 6.45) is 2.13. The first-order valence-electron chi connectivity index (χ1n) is 8.42. The van der Waals surface area contributed by atoms with Crippen molar-refractivity contribution in [1.82, 2.24) is 19.7 Å². The van der Waals surface area contributed by atoms with Gasteiger partial charge in [-0.2, -0.15) is 5.10 Å². The number of nitrogens with zero attached hydrogens (tertiary/aromatic N) is 3. The highest BCUT2D eigenvalue weighted by atomic mass is 16.1. The molecule has 0 spiro atoms. The fourth-order valence-corrected chi connectivity index (χ4v) is 2.93. The van der Waals surface area contributed by atoms with Crippen molar-refractivity contribution in [1.29, 1.82) is 0 Å². The average molecular weight is 337 g/mol. The maximum absolute atomic E-state index is 12.4. The molecule has 0 aliphatic heterocycles. The number of aryl methyl sites for hydroxylation is 3. The van der Waals surface area contributed by atoms with Crippen molar-refractivity contribution < 1.29 is 4.79 Å². The third-order valence-electron chi connectivity index (χ3n) is 4.31. The van der Waals surface area contributed by atoms with Gasteiger partial charge in [0, 0.05) is 40.9 Å². The Morgan fingerprint density at radius 3 is 2.48 bits per heavy atom. The number of hydrogen-bond acceptors (Lipinski definition) is 3. The van der Waals surface area contributed by atoms with Crippen LogP contribution in [0.1, 0.15) is 29.6 Å². The first-order valence-corrected chi connectivity index (χ1v) is 8.42. The van der Waals surface area contributed by atoms with Gasteiger partial charge in [0.1, 0.15) is 5.82 Å². The quantitative estimate of drug-likeness (QED) is 0.749. The monoisotopic (exact) mass is 337 g/mol. The smallest absolute Gasteiger partial charge is 0.228 e. The minimum atomic E-state index is -0.0385. The lowest BCUT2D eigenvalue weighted by Gasteiger charge is -2.07. The summed E-state index contributed by atoms with van der Waals surface area (Å²) in [5.41, 5.74) is 5.75. The Bertz CT molecular complexity index is 889. The van der Waals surface area contributed by atoms with Gasteiger partial charge >= 0.3 is 0 Å². The van der Waals surface area contributed by atoms with Gasteiger partial charge in [0.15, 0.2) is 0 Å². The largest absolute Gasteiger partial charge is 0.342 e. The number of rotatable bonds is 5. The molecule has 130 valence electrons. The van der Waals surface area contributed by atoms with Crippen molar-refractivity contribution in [3.8, 4) is 11.4 Å². The summed E-state index contributed by atoms with van der Waals surface area (Å²) in [4.78, 5) is 19.9. The van der Waals surface area contributed by atoms with E-state index in [0.717, 1.165) is 46.3 Å². The number of H-pyrrole nitrogens is 1. The normalized spacial score (nSPS) is 10.9. The van der Waals surface area contributed by atoms with Crippen molar-refractivity contribution in [2.45, 2.75) is 40.7 Å². The first-order chi connectivity index (χ1) is 12.0. The Kier molecular flexibility index (Phi) is 4.70. The maximum atomic E-state index is 12.4. The van der Waals surface area contributed by atoms with Gasteiger partial charge in [-0.25, -0.2) is 4.98 Å². The summed E-state index contributed by atoms with van der Waals surface area (Å²) in [5, 5.41) is 7.41. The lowest BCUT2D eigenvalue weighted by molar-refractivity contribution is -0.115. The van der Waals surface area contributed by atoms with Crippen LogP contribution in [0.5, 0.6) is 0 Å². The van der Waals surface area contributed by atoms with Crippen LogP contribution in [0.3, 0.4) is 0 Å². The van der Waals surface area contributed by atoms with E-state index in [1.54, 1.807) is 6.20 Å². The van der Waals surface area contributed by atoms with Crippen LogP contribution in [0.2, 0.25) is 0 Å². The molecule has 2 aromatic heterocycles. The SMILES string of the molecule is CCn1nc(C)c(CC(=O)Nc2ccc(-c3ncc(C)[nH]3)cc2)c1C. The second kappa shape index (κ2) is 6.93. The van der Waals surface area contributed by atoms with Gasteiger partial charge in [0.2, 0.25) is 5.91 Å². The number of imidazole rings is 1. The molecule has 2 heterocycles. The second-order valence-electron chi connectivity index (χ2n) is 6.18. The molecule has 0 saturated carbocycles. The highest BCUT2D eigenvalue weighted by Crippen LogP contribution is 2.19. The number of aromatic amines is 1. The highest BCUT2D eigenvalue weighted by Gasteiger charge is 2.14. The summed E-state index contributed by atoms with van der Waals surface area (Å²) in [6.45, 7) is 8.78. The molecule has 6 nitrogen and oxygen atoms in total. The molecule has 3 rings (SSSR count). The zero-order valence-corrected chi connectivity index (χ0v) is 15.1. The lowest BCUT2D eigenvalue weighted by Crippen LogP contribution is -2.15. The van der Waals surface area contributed by atoms with Crippen molar-refractivity contribution >= 4 is 11.6 Å². The van der Waals surface area contributed by atoms with Gasteiger partial charge in [-0.3, -0.25) is 9.48 Å². The zero-order chi connectivity index (χ0) is 18.0. The van der Waals surface area contributed by atoms with Crippen LogP contribution >= 0.6 is 0 Å². The van der Waals surface area contributed by atoms with Gasteiger partial charge in [-0.15, -0.1) is 0 Å². The van der Waals surface area contributed by atoms with E-state index in [9.17, 15) is 4.79 Å². The molecule has 0 atom stereocenters. The molecule has 0 radical (unpaired) electrons. The molecule has 0 saturated heterocycles. The molecule has 1 amide bonds. The van der Waals surface area contributed by atoms with Crippen molar-refractivity contribution in [2.75, 3.05) is 5.32 Å². The minimum Gasteiger partial charge on any atom is -0.342 e. The minimum absolute atomic E-state index is 0.0385. The van der Waals surface area contributed by atoms with Crippen LogP contribution in [0.4, 0.5) is 5.69 Å². The maximum Gasteiger partial charge on any atom is 0.228 e. The number of carbonyl (C=O) groups excluding carboxylic acids is 1. The number of carbonyl (C=O) groups is 1. The summed E-state index contributed by atoms with van der Waals surface area (Å²) < 4.78 is 1.93. The van der Waals surface area contributed by atoms with Gasteiger partial charge in [0.05, 0.1) is 12.1 Å². The third-order valence-corrected chi connectivity index (χ3v) is 4.31. The molecule has 2 N–H and O–H groups in total. The van der Waals surface area contributed by atoms with E-state index in [1.165, 1.54) is 0 Å². The van der Waals surface area contributed by atoms with Crippen LogP contribution < -0.4 is 5.32 Å². The number of nitrogens with one attached hydrogen (secondary N) is 2. The average Bonchev–Trinajstić information content (AvgIpc) is 3.14. The molecular formula is C19H23N5O. The number of hydrogen-bond donors (Lipinski definition) is 2. The van der Waals surface area contributed by atoms with Gasteiger partial charge in [-0.1, -0.05) is 0 Å². The highest BCUT2D eigenvalue weighted by molar-refractivity contribution is 5.92.